The second kappa shape index (κ2) is 3.91. The molecular formula is C11H13BrO2S. The minimum absolute atomic E-state index is 0.00861. The molecule has 0 heterocycles. The van der Waals surface area contributed by atoms with Gasteiger partial charge in [-0.2, -0.15) is 0 Å². The first kappa shape index (κ1) is 11.1. The first-order valence-electron chi connectivity index (χ1n) is 4.92. The summed E-state index contributed by atoms with van der Waals surface area (Å²) in [5.74, 6) is 0.273. The predicted molar refractivity (Wildman–Crippen MR) is 64.0 cm³/mol. The fraction of sp³-hybridized carbons (Fsp3) is 0.455. The van der Waals surface area contributed by atoms with Gasteiger partial charge in [-0.15, -0.1) is 0 Å². The van der Waals surface area contributed by atoms with Crippen LogP contribution in [0.5, 0.6) is 0 Å². The Bertz CT molecular complexity index is 435. The number of alkyl halides is 1. The van der Waals surface area contributed by atoms with Crippen LogP contribution in [0.15, 0.2) is 35.2 Å². The van der Waals surface area contributed by atoms with Crippen LogP contribution in [0, 0.1) is 5.41 Å². The molecule has 4 heteroatoms. The molecule has 2 rings (SSSR count). The molecule has 1 fully saturated rings. The maximum absolute atomic E-state index is 12.0. The van der Waals surface area contributed by atoms with Gasteiger partial charge in [0.2, 0.25) is 0 Å². The van der Waals surface area contributed by atoms with Crippen molar-refractivity contribution in [1.82, 2.24) is 0 Å². The molecule has 15 heavy (non-hydrogen) atoms. The summed E-state index contributed by atoms with van der Waals surface area (Å²) in [5.41, 5.74) is 0.00861. The van der Waals surface area contributed by atoms with E-state index in [-0.39, 0.29) is 11.2 Å². The Hall–Kier alpha value is -0.350. The number of hydrogen-bond donors (Lipinski definition) is 0. The zero-order chi connectivity index (χ0) is 10.9. The number of hydrogen-bond acceptors (Lipinski definition) is 2. The molecule has 0 aliphatic heterocycles. The van der Waals surface area contributed by atoms with Gasteiger partial charge in [0, 0.05) is 5.33 Å². The lowest BCUT2D eigenvalue weighted by molar-refractivity contribution is 0.572. The second-order valence-corrected chi connectivity index (χ2v) is 6.76. The highest BCUT2D eigenvalue weighted by atomic mass is 79.9. The summed E-state index contributed by atoms with van der Waals surface area (Å²) in [7, 11) is -3.10. The zero-order valence-electron chi connectivity index (χ0n) is 8.32. The molecule has 1 saturated carbocycles. The van der Waals surface area contributed by atoms with Gasteiger partial charge in [0.25, 0.3) is 0 Å². The van der Waals surface area contributed by atoms with Crippen molar-refractivity contribution in [3.05, 3.63) is 30.3 Å². The van der Waals surface area contributed by atoms with Crippen molar-refractivity contribution in [2.45, 2.75) is 17.7 Å². The Morgan fingerprint density at radius 3 is 2.27 bits per heavy atom. The van der Waals surface area contributed by atoms with Gasteiger partial charge < -0.3 is 0 Å². The SMILES string of the molecule is O=S(=O)(CC1(CBr)CC1)c1ccccc1. The van der Waals surface area contributed by atoms with Gasteiger partial charge in [-0.1, -0.05) is 34.1 Å². The van der Waals surface area contributed by atoms with Crippen LogP contribution in [0.3, 0.4) is 0 Å². The molecule has 1 aromatic carbocycles. The summed E-state index contributed by atoms with van der Waals surface area (Å²) in [6.07, 6.45) is 2.04. The Kier molecular flexibility index (Phi) is 2.90. The Morgan fingerprint density at radius 2 is 1.80 bits per heavy atom. The van der Waals surface area contributed by atoms with Crippen LogP contribution in [0.25, 0.3) is 0 Å². The molecule has 0 saturated heterocycles. The summed E-state index contributed by atoms with van der Waals surface area (Å²) in [6, 6.07) is 8.69. The fourth-order valence-corrected chi connectivity index (χ4v) is 4.56. The van der Waals surface area contributed by atoms with E-state index in [9.17, 15) is 8.42 Å². The van der Waals surface area contributed by atoms with Gasteiger partial charge in [0.15, 0.2) is 9.84 Å². The molecule has 0 atom stereocenters. The van der Waals surface area contributed by atoms with E-state index < -0.39 is 9.84 Å². The summed E-state index contributed by atoms with van der Waals surface area (Å²) < 4.78 is 24.1. The van der Waals surface area contributed by atoms with Crippen LogP contribution in [0.2, 0.25) is 0 Å². The molecule has 1 aliphatic rings. The van der Waals surface area contributed by atoms with E-state index >= 15 is 0 Å². The third kappa shape index (κ3) is 2.42. The third-order valence-electron chi connectivity index (χ3n) is 2.84. The highest BCUT2D eigenvalue weighted by Crippen LogP contribution is 2.48. The van der Waals surface area contributed by atoms with Crippen LogP contribution in [-0.4, -0.2) is 19.5 Å². The van der Waals surface area contributed by atoms with Gasteiger partial charge >= 0.3 is 0 Å². The smallest absolute Gasteiger partial charge is 0.178 e. The molecular weight excluding hydrogens is 276 g/mol. The largest absolute Gasteiger partial charge is 0.224 e. The van der Waals surface area contributed by atoms with E-state index in [1.54, 1.807) is 24.3 Å². The Balaban J connectivity index is 2.22. The minimum atomic E-state index is -3.10. The highest BCUT2D eigenvalue weighted by molar-refractivity contribution is 9.09. The monoisotopic (exact) mass is 288 g/mol. The van der Waals surface area contributed by atoms with Gasteiger partial charge in [-0.25, -0.2) is 8.42 Å². The normalized spacial score (nSPS) is 18.7. The Morgan fingerprint density at radius 1 is 1.20 bits per heavy atom. The van der Waals surface area contributed by atoms with Crippen molar-refractivity contribution >= 4 is 25.8 Å². The molecule has 0 N–H and O–H groups in total. The lowest BCUT2D eigenvalue weighted by Crippen LogP contribution is -2.18. The molecule has 0 unspecified atom stereocenters. The summed E-state index contributed by atoms with van der Waals surface area (Å²) in [5, 5.41) is 0.784. The molecule has 0 radical (unpaired) electrons. The molecule has 1 aliphatic carbocycles. The third-order valence-corrected chi connectivity index (χ3v) is 6.01. The van der Waals surface area contributed by atoms with Crippen LogP contribution in [-0.2, 0) is 9.84 Å². The lowest BCUT2D eigenvalue weighted by Gasteiger charge is -2.11. The van der Waals surface area contributed by atoms with Gasteiger partial charge in [0.05, 0.1) is 10.6 Å². The average molecular weight is 289 g/mol. The summed E-state index contributed by atoms with van der Waals surface area (Å²) in [4.78, 5) is 0.442. The van der Waals surface area contributed by atoms with E-state index in [4.69, 9.17) is 0 Å². The van der Waals surface area contributed by atoms with Crippen LogP contribution in [0.1, 0.15) is 12.8 Å². The predicted octanol–water partition coefficient (Wildman–Crippen LogP) is 2.64. The number of sulfone groups is 1. The van der Waals surface area contributed by atoms with E-state index in [0.29, 0.717) is 4.90 Å². The van der Waals surface area contributed by atoms with E-state index in [0.717, 1.165) is 18.2 Å². The van der Waals surface area contributed by atoms with Crippen molar-refractivity contribution in [1.29, 1.82) is 0 Å². The van der Waals surface area contributed by atoms with Crippen molar-refractivity contribution in [2.24, 2.45) is 5.41 Å². The molecule has 2 nitrogen and oxygen atoms in total. The average Bonchev–Trinajstić information content (AvgIpc) is 2.99. The molecule has 82 valence electrons. The van der Waals surface area contributed by atoms with Crippen molar-refractivity contribution < 1.29 is 8.42 Å². The van der Waals surface area contributed by atoms with E-state index in [1.165, 1.54) is 0 Å². The molecule has 1 aromatic rings. The first-order valence-corrected chi connectivity index (χ1v) is 7.69. The van der Waals surface area contributed by atoms with Gasteiger partial charge in [-0.3, -0.25) is 0 Å². The van der Waals surface area contributed by atoms with Gasteiger partial charge in [0.1, 0.15) is 0 Å². The zero-order valence-corrected chi connectivity index (χ0v) is 10.7. The maximum atomic E-state index is 12.0. The highest BCUT2D eigenvalue weighted by Gasteiger charge is 2.45. The van der Waals surface area contributed by atoms with Crippen LogP contribution >= 0.6 is 15.9 Å². The van der Waals surface area contributed by atoms with Crippen molar-refractivity contribution in [2.75, 3.05) is 11.1 Å². The second-order valence-electron chi connectivity index (χ2n) is 4.21. The van der Waals surface area contributed by atoms with E-state index in [2.05, 4.69) is 15.9 Å². The maximum Gasteiger partial charge on any atom is 0.178 e. The summed E-state index contributed by atoms with van der Waals surface area (Å²) >= 11 is 3.39. The fourth-order valence-electron chi connectivity index (χ4n) is 1.61. The standard InChI is InChI=1S/C11H13BrO2S/c12-8-11(6-7-11)9-15(13,14)10-4-2-1-3-5-10/h1-5H,6-9H2. The first-order chi connectivity index (χ1) is 7.08. The number of rotatable bonds is 4. The lowest BCUT2D eigenvalue weighted by atomic mass is 10.2. The van der Waals surface area contributed by atoms with E-state index in [1.807, 2.05) is 6.07 Å². The number of halogens is 1. The summed E-state index contributed by atoms with van der Waals surface area (Å²) in [6.45, 7) is 0. The minimum Gasteiger partial charge on any atom is -0.224 e. The molecule has 0 spiro atoms. The molecule has 0 aromatic heterocycles. The Labute approximate surface area is 98.7 Å². The van der Waals surface area contributed by atoms with Crippen LogP contribution in [0.4, 0.5) is 0 Å². The number of benzene rings is 1. The van der Waals surface area contributed by atoms with Crippen molar-refractivity contribution in [3.63, 3.8) is 0 Å². The van der Waals surface area contributed by atoms with Crippen molar-refractivity contribution in [3.8, 4) is 0 Å². The topological polar surface area (TPSA) is 34.1 Å². The van der Waals surface area contributed by atoms with Crippen LogP contribution < -0.4 is 0 Å². The quantitative estimate of drug-likeness (QED) is 0.799. The molecule has 0 bridgehead atoms. The van der Waals surface area contributed by atoms with Gasteiger partial charge in [-0.05, 0) is 30.4 Å². The molecule has 0 amide bonds.